The Labute approximate surface area is 226 Å². The molecular weight excluding hydrogens is 499 g/mol. The van der Waals surface area contributed by atoms with Gasteiger partial charge in [0.25, 0.3) is 5.91 Å². The van der Waals surface area contributed by atoms with Crippen LogP contribution in [0.4, 0.5) is 10.1 Å². The number of hydrogen-bond donors (Lipinski definition) is 3. The molecular formula is C29H33FN6O3. The molecule has 3 N–H and O–H groups in total. The zero-order chi connectivity index (χ0) is 27.5. The Morgan fingerprint density at radius 1 is 1.21 bits per heavy atom. The summed E-state index contributed by atoms with van der Waals surface area (Å²) >= 11 is 0. The highest BCUT2D eigenvalue weighted by molar-refractivity contribution is 6.01. The van der Waals surface area contributed by atoms with E-state index < -0.39 is 5.82 Å². The molecule has 0 saturated carbocycles. The van der Waals surface area contributed by atoms with Crippen molar-refractivity contribution in [1.82, 2.24) is 25.0 Å². The number of carbonyl (C=O) groups is 1. The highest BCUT2D eigenvalue weighted by Crippen LogP contribution is 2.36. The van der Waals surface area contributed by atoms with Crippen molar-refractivity contribution in [3.8, 4) is 28.1 Å². The largest absolute Gasteiger partial charge is 0.496 e. The quantitative estimate of drug-likeness (QED) is 0.315. The number of piperidine rings is 1. The number of para-hydroxylation sites is 1. The van der Waals surface area contributed by atoms with Gasteiger partial charge in [-0.25, -0.2) is 9.37 Å². The van der Waals surface area contributed by atoms with Gasteiger partial charge in [-0.1, -0.05) is 12.1 Å². The molecule has 9 nitrogen and oxygen atoms in total. The Kier molecular flexibility index (Phi) is 7.76. The van der Waals surface area contributed by atoms with E-state index in [0.29, 0.717) is 34.8 Å². The molecule has 204 valence electrons. The summed E-state index contributed by atoms with van der Waals surface area (Å²) in [4.78, 5) is 21.4. The fourth-order valence-corrected chi connectivity index (χ4v) is 5.08. The Morgan fingerprint density at radius 2 is 1.97 bits per heavy atom. The number of anilines is 1. The number of methoxy groups -OCH3 is 1. The molecule has 0 radical (unpaired) electrons. The molecule has 0 aliphatic carbocycles. The number of carbonyl (C=O) groups excluding carboxylic acids is 1. The van der Waals surface area contributed by atoms with Crippen LogP contribution in [0.2, 0.25) is 0 Å². The van der Waals surface area contributed by atoms with Crippen molar-refractivity contribution in [2.45, 2.75) is 18.9 Å². The molecule has 10 heteroatoms. The Morgan fingerprint density at radius 3 is 2.69 bits per heavy atom. The molecule has 1 fully saturated rings. The number of hydrogen-bond acceptors (Lipinski definition) is 7. The Hall–Kier alpha value is -4.02. The molecule has 2 aromatic heterocycles. The van der Waals surface area contributed by atoms with E-state index in [1.165, 1.54) is 11.0 Å². The van der Waals surface area contributed by atoms with Gasteiger partial charge in [-0.3, -0.25) is 9.89 Å². The first kappa shape index (κ1) is 26.6. The van der Waals surface area contributed by atoms with Crippen molar-refractivity contribution in [2.75, 3.05) is 52.8 Å². The third-order valence-electron chi connectivity index (χ3n) is 7.19. The molecule has 1 aliphatic rings. The summed E-state index contributed by atoms with van der Waals surface area (Å²) in [6, 6.07) is 12.7. The number of aromatic amines is 1. The van der Waals surface area contributed by atoms with E-state index in [1.54, 1.807) is 33.5 Å². The number of fused-ring (bicyclic) bond motifs is 1. The molecule has 5 rings (SSSR count). The molecule has 0 spiro atoms. The number of aromatic nitrogens is 3. The van der Waals surface area contributed by atoms with Gasteiger partial charge in [0.05, 0.1) is 25.0 Å². The number of benzene rings is 2. The summed E-state index contributed by atoms with van der Waals surface area (Å²) in [6.45, 7) is 2.36. The van der Waals surface area contributed by atoms with E-state index in [9.17, 15) is 9.90 Å². The molecule has 0 unspecified atom stereocenters. The fourth-order valence-electron chi connectivity index (χ4n) is 5.08. The monoisotopic (exact) mass is 532 g/mol. The summed E-state index contributed by atoms with van der Waals surface area (Å²) in [5.74, 6) is -0.102. The molecule has 2 aromatic carbocycles. The standard InChI is InChI=1S/C29H33FN6O3/c1-35(2)29(38)23-14-18(16-24(30)27(23)32-20-8-10-36(11-9-20)12-13-37)19-15-22-26(33-34-28(22)31-17-19)21-6-4-5-7-25(21)39-3/h4-7,14-17,20,32,37H,8-13H2,1-3H3,(H,31,33,34). The number of rotatable bonds is 8. The first-order chi connectivity index (χ1) is 18.9. The van der Waals surface area contributed by atoms with Crippen LogP contribution in [0, 0.1) is 5.82 Å². The predicted molar refractivity (Wildman–Crippen MR) is 149 cm³/mol. The summed E-state index contributed by atoms with van der Waals surface area (Å²) in [7, 11) is 4.92. The maximum Gasteiger partial charge on any atom is 0.255 e. The van der Waals surface area contributed by atoms with Crippen LogP contribution in [0.25, 0.3) is 33.4 Å². The zero-order valence-electron chi connectivity index (χ0n) is 22.4. The number of amides is 1. The molecule has 1 aliphatic heterocycles. The SMILES string of the molecule is COc1ccccc1-c1n[nH]c2ncc(-c3cc(F)c(NC4CCN(CCO)CC4)c(C(=O)N(C)C)c3)cc12. The van der Waals surface area contributed by atoms with Crippen molar-refractivity contribution in [3.05, 3.63) is 60.0 Å². The van der Waals surface area contributed by atoms with Gasteiger partial charge in [-0.2, -0.15) is 5.10 Å². The molecule has 1 saturated heterocycles. The van der Waals surface area contributed by atoms with Crippen LogP contribution < -0.4 is 10.1 Å². The van der Waals surface area contributed by atoms with E-state index in [-0.39, 0.29) is 29.8 Å². The zero-order valence-corrected chi connectivity index (χ0v) is 22.4. The van der Waals surface area contributed by atoms with E-state index >= 15 is 4.39 Å². The van der Waals surface area contributed by atoms with Crippen LogP contribution >= 0.6 is 0 Å². The summed E-state index contributed by atoms with van der Waals surface area (Å²) < 4.78 is 21.3. The van der Waals surface area contributed by atoms with Gasteiger partial charge in [0.2, 0.25) is 0 Å². The maximum atomic E-state index is 15.7. The van der Waals surface area contributed by atoms with Crippen LogP contribution in [-0.2, 0) is 0 Å². The minimum atomic E-state index is -0.493. The number of nitrogens with one attached hydrogen (secondary N) is 2. The van der Waals surface area contributed by atoms with E-state index in [1.807, 2.05) is 30.3 Å². The fraction of sp³-hybridized carbons (Fsp3) is 0.345. The van der Waals surface area contributed by atoms with Gasteiger partial charge in [0, 0.05) is 62.5 Å². The second kappa shape index (κ2) is 11.4. The minimum Gasteiger partial charge on any atom is -0.496 e. The summed E-state index contributed by atoms with van der Waals surface area (Å²) in [5.41, 5.74) is 3.76. The van der Waals surface area contributed by atoms with Crippen LogP contribution in [0.15, 0.2) is 48.7 Å². The lowest BCUT2D eigenvalue weighted by atomic mass is 9.98. The van der Waals surface area contributed by atoms with Crippen molar-refractivity contribution < 1.29 is 19.0 Å². The number of β-amino-alcohol motifs (C(OH)–C–C–N with tert-alkyl or cyclic N) is 1. The van der Waals surface area contributed by atoms with Crippen molar-refractivity contribution in [3.63, 3.8) is 0 Å². The topological polar surface area (TPSA) is 107 Å². The lowest BCUT2D eigenvalue weighted by Gasteiger charge is -2.33. The number of likely N-dealkylation sites (tertiary alicyclic amines) is 1. The third kappa shape index (κ3) is 5.43. The maximum absolute atomic E-state index is 15.7. The number of nitrogens with zero attached hydrogens (tertiary/aromatic N) is 4. The summed E-state index contributed by atoms with van der Waals surface area (Å²) in [6.07, 6.45) is 3.24. The number of halogens is 1. The van der Waals surface area contributed by atoms with Gasteiger partial charge in [0.1, 0.15) is 17.3 Å². The third-order valence-corrected chi connectivity index (χ3v) is 7.19. The number of aliphatic hydroxyl groups is 1. The molecule has 0 bridgehead atoms. The molecule has 0 atom stereocenters. The average molecular weight is 533 g/mol. The number of H-pyrrole nitrogens is 1. The second-order valence-electron chi connectivity index (χ2n) is 9.96. The van der Waals surface area contributed by atoms with Crippen molar-refractivity contribution in [1.29, 1.82) is 0 Å². The lowest BCUT2D eigenvalue weighted by molar-refractivity contribution is 0.0828. The van der Waals surface area contributed by atoms with Gasteiger partial charge >= 0.3 is 0 Å². The van der Waals surface area contributed by atoms with E-state index in [0.717, 1.165) is 36.9 Å². The van der Waals surface area contributed by atoms with Crippen LogP contribution in [0.3, 0.4) is 0 Å². The first-order valence-corrected chi connectivity index (χ1v) is 13.0. The Bertz CT molecular complexity index is 1480. The van der Waals surface area contributed by atoms with E-state index in [4.69, 9.17) is 4.74 Å². The molecule has 3 heterocycles. The van der Waals surface area contributed by atoms with Crippen LogP contribution in [-0.4, -0.2) is 89.5 Å². The lowest BCUT2D eigenvalue weighted by Crippen LogP contribution is -2.40. The van der Waals surface area contributed by atoms with E-state index in [2.05, 4.69) is 25.4 Å². The highest BCUT2D eigenvalue weighted by atomic mass is 19.1. The smallest absolute Gasteiger partial charge is 0.255 e. The Balaban J connectivity index is 1.52. The minimum absolute atomic E-state index is 0.0290. The van der Waals surface area contributed by atoms with Gasteiger partial charge in [-0.15, -0.1) is 0 Å². The van der Waals surface area contributed by atoms with Crippen molar-refractivity contribution in [2.24, 2.45) is 0 Å². The van der Waals surface area contributed by atoms with Gasteiger partial charge in [0.15, 0.2) is 5.65 Å². The molecule has 1 amide bonds. The second-order valence-corrected chi connectivity index (χ2v) is 9.96. The van der Waals surface area contributed by atoms with Gasteiger partial charge in [-0.05, 0) is 48.7 Å². The summed E-state index contributed by atoms with van der Waals surface area (Å²) in [5, 5.41) is 20.7. The molecule has 39 heavy (non-hydrogen) atoms. The normalized spacial score (nSPS) is 14.5. The van der Waals surface area contributed by atoms with Crippen molar-refractivity contribution >= 4 is 22.6 Å². The van der Waals surface area contributed by atoms with Crippen LogP contribution in [0.5, 0.6) is 5.75 Å². The average Bonchev–Trinajstić information content (AvgIpc) is 3.37. The predicted octanol–water partition coefficient (Wildman–Crippen LogP) is 4.01. The van der Waals surface area contributed by atoms with Gasteiger partial charge < -0.3 is 25.0 Å². The molecule has 4 aromatic rings. The van der Waals surface area contributed by atoms with Crippen LogP contribution in [0.1, 0.15) is 23.2 Å². The first-order valence-electron chi connectivity index (χ1n) is 13.0. The number of ether oxygens (including phenoxy) is 1. The number of aliphatic hydroxyl groups excluding tert-OH is 1. The number of pyridine rings is 1. The highest BCUT2D eigenvalue weighted by Gasteiger charge is 2.25.